The molecule has 104 valence electrons. The molecule has 0 bridgehead atoms. The maximum absolute atomic E-state index is 11.8. The molecule has 1 aromatic carbocycles. The van der Waals surface area contributed by atoms with E-state index < -0.39 is 4.92 Å². The molecule has 0 aliphatic rings. The second-order valence-electron chi connectivity index (χ2n) is 4.28. The molecule has 0 fully saturated rings. The topological polar surface area (TPSA) is 98.3 Å². The highest BCUT2D eigenvalue weighted by atomic mass is 16.6. The first-order valence-corrected chi connectivity index (χ1v) is 6.31. The quantitative estimate of drug-likeness (QED) is 0.607. The van der Waals surface area contributed by atoms with Gasteiger partial charge in [-0.2, -0.15) is 0 Å². The molecule has 6 nitrogen and oxygen atoms in total. The minimum atomic E-state index is -0.436. The minimum absolute atomic E-state index is 0.0288. The number of rotatable bonds is 6. The van der Waals surface area contributed by atoms with Gasteiger partial charge in [0.1, 0.15) is 0 Å². The van der Waals surface area contributed by atoms with Crippen molar-refractivity contribution in [2.75, 3.05) is 11.9 Å². The number of nitro groups is 1. The van der Waals surface area contributed by atoms with Gasteiger partial charge in [0.05, 0.1) is 10.8 Å². The van der Waals surface area contributed by atoms with E-state index in [4.69, 9.17) is 5.73 Å². The molecule has 1 unspecified atom stereocenters. The molecule has 0 radical (unpaired) electrons. The third-order valence-corrected chi connectivity index (χ3v) is 3.08. The van der Waals surface area contributed by atoms with Gasteiger partial charge in [-0.15, -0.1) is 0 Å². The van der Waals surface area contributed by atoms with Crippen LogP contribution >= 0.6 is 0 Å². The van der Waals surface area contributed by atoms with Gasteiger partial charge in [0.25, 0.3) is 5.69 Å². The summed E-state index contributed by atoms with van der Waals surface area (Å²) in [6.07, 6.45) is 1.21. The Morgan fingerprint density at radius 3 is 2.63 bits per heavy atom. The van der Waals surface area contributed by atoms with Crippen LogP contribution in [0.1, 0.15) is 25.8 Å². The lowest BCUT2D eigenvalue weighted by Gasteiger charge is -2.13. The van der Waals surface area contributed by atoms with Gasteiger partial charge in [0.2, 0.25) is 5.91 Å². The van der Waals surface area contributed by atoms with Gasteiger partial charge in [0, 0.05) is 23.9 Å². The van der Waals surface area contributed by atoms with Crippen LogP contribution in [-0.2, 0) is 11.2 Å². The standard InChI is InChI=1S/C13H19N3O3/c1-3-9-5-6-11(7-12(9)16(18)19)15-13(17)10(4-2)8-14/h5-7,10H,3-4,8,14H2,1-2H3,(H,15,17). The fraction of sp³-hybridized carbons (Fsp3) is 0.462. The molecule has 0 spiro atoms. The maximum atomic E-state index is 11.8. The van der Waals surface area contributed by atoms with Gasteiger partial charge in [-0.25, -0.2) is 0 Å². The molecule has 6 heteroatoms. The molecule has 19 heavy (non-hydrogen) atoms. The summed E-state index contributed by atoms with van der Waals surface area (Å²) in [7, 11) is 0. The minimum Gasteiger partial charge on any atom is -0.330 e. The van der Waals surface area contributed by atoms with Crippen LogP contribution in [0.25, 0.3) is 0 Å². The van der Waals surface area contributed by atoms with E-state index in [1.807, 2.05) is 13.8 Å². The molecule has 0 saturated heterocycles. The number of amides is 1. The molecule has 1 aromatic rings. The number of carbonyl (C=O) groups is 1. The van der Waals surface area contributed by atoms with Crippen LogP contribution in [0.15, 0.2) is 18.2 Å². The van der Waals surface area contributed by atoms with E-state index in [0.29, 0.717) is 24.1 Å². The van der Waals surface area contributed by atoms with Crippen molar-refractivity contribution in [2.24, 2.45) is 11.7 Å². The summed E-state index contributed by atoms with van der Waals surface area (Å²) in [5.74, 6) is -0.478. The van der Waals surface area contributed by atoms with Crippen molar-refractivity contribution in [2.45, 2.75) is 26.7 Å². The van der Waals surface area contributed by atoms with Crippen molar-refractivity contribution in [3.63, 3.8) is 0 Å². The van der Waals surface area contributed by atoms with E-state index in [0.717, 1.165) is 0 Å². The van der Waals surface area contributed by atoms with Crippen molar-refractivity contribution in [3.05, 3.63) is 33.9 Å². The molecular weight excluding hydrogens is 246 g/mol. The monoisotopic (exact) mass is 265 g/mol. The number of hydrogen-bond donors (Lipinski definition) is 2. The molecule has 1 amide bonds. The van der Waals surface area contributed by atoms with Crippen LogP contribution in [0.5, 0.6) is 0 Å². The molecule has 1 rings (SSSR count). The maximum Gasteiger partial charge on any atom is 0.274 e. The van der Waals surface area contributed by atoms with Crippen LogP contribution < -0.4 is 11.1 Å². The predicted octanol–water partition coefficient (Wildman–Crippen LogP) is 2.08. The van der Waals surface area contributed by atoms with Gasteiger partial charge >= 0.3 is 0 Å². The van der Waals surface area contributed by atoms with E-state index in [2.05, 4.69) is 5.32 Å². The Morgan fingerprint density at radius 2 is 2.16 bits per heavy atom. The van der Waals surface area contributed by atoms with Crippen LogP contribution in [-0.4, -0.2) is 17.4 Å². The number of carbonyl (C=O) groups excluding carboxylic acids is 1. The first kappa shape index (κ1) is 15.1. The Labute approximate surface area is 112 Å². The average Bonchev–Trinajstić information content (AvgIpc) is 2.40. The highest BCUT2D eigenvalue weighted by Crippen LogP contribution is 2.24. The summed E-state index contributed by atoms with van der Waals surface area (Å²) in [6, 6.07) is 4.73. The predicted molar refractivity (Wildman–Crippen MR) is 73.9 cm³/mol. The van der Waals surface area contributed by atoms with E-state index in [1.54, 1.807) is 12.1 Å². The molecular formula is C13H19N3O3. The summed E-state index contributed by atoms with van der Waals surface area (Å²) < 4.78 is 0. The SMILES string of the molecule is CCc1ccc(NC(=O)C(CC)CN)cc1[N+](=O)[O-]. The Balaban J connectivity index is 2.94. The number of anilines is 1. The van der Waals surface area contributed by atoms with Gasteiger partial charge < -0.3 is 11.1 Å². The Bertz CT molecular complexity index is 470. The Kier molecular flexibility index (Phi) is 5.44. The van der Waals surface area contributed by atoms with Crippen LogP contribution in [0.2, 0.25) is 0 Å². The number of benzene rings is 1. The first-order chi connectivity index (χ1) is 9.03. The molecule has 0 aliphatic heterocycles. The third kappa shape index (κ3) is 3.75. The second kappa shape index (κ2) is 6.84. The fourth-order valence-electron chi connectivity index (χ4n) is 1.81. The molecule has 0 saturated carbocycles. The van der Waals surface area contributed by atoms with Crippen molar-refractivity contribution in [1.82, 2.24) is 0 Å². The zero-order valence-electron chi connectivity index (χ0n) is 11.2. The van der Waals surface area contributed by atoms with Crippen molar-refractivity contribution < 1.29 is 9.72 Å². The lowest BCUT2D eigenvalue weighted by atomic mass is 10.1. The Morgan fingerprint density at radius 1 is 1.47 bits per heavy atom. The first-order valence-electron chi connectivity index (χ1n) is 6.31. The third-order valence-electron chi connectivity index (χ3n) is 3.08. The summed E-state index contributed by atoms with van der Waals surface area (Å²) in [5, 5.41) is 13.6. The highest BCUT2D eigenvalue weighted by molar-refractivity contribution is 5.93. The Hall–Kier alpha value is -1.95. The number of nitrogens with zero attached hydrogens (tertiary/aromatic N) is 1. The zero-order chi connectivity index (χ0) is 14.4. The zero-order valence-corrected chi connectivity index (χ0v) is 11.2. The molecule has 0 aliphatic carbocycles. The van der Waals surface area contributed by atoms with Crippen LogP contribution in [0.4, 0.5) is 11.4 Å². The largest absolute Gasteiger partial charge is 0.330 e. The van der Waals surface area contributed by atoms with Crippen molar-refractivity contribution >= 4 is 17.3 Å². The smallest absolute Gasteiger partial charge is 0.274 e. The number of nitrogens with one attached hydrogen (secondary N) is 1. The molecule has 0 aromatic heterocycles. The highest BCUT2D eigenvalue weighted by Gasteiger charge is 2.17. The van der Waals surface area contributed by atoms with E-state index in [-0.39, 0.29) is 24.1 Å². The second-order valence-corrected chi connectivity index (χ2v) is 4.28. The summed E-state index contributed by atoms with van der Waals surface area (Å²) in [6.45, 7) is 3.99. The normalized spacial score (nSPS) is 11.9. The lowest BCUT2D eigenvalue weighted by molar-refractivity contribution is -0.385. The van der Waals surface area contributed by atoms with E-state index in [9.17, 15) is 14.9 Å². The van der Waals surface area contributed by atoms with Crippen molar-refractivity contribution in [3.8, 4) is 0 Å². The van der Waals surface area contributed by atoms with Gasteiger partial charge in [0.15, 0.2) is 0 Å². The lowest BCUT2D eigenvalue weighted by Crippen LogP contribution is -2.28. The van der Waals surface area contributed by atoms with Crippen molar-refractivity contribution in [1.29, 1.82) is 0 Å². The van der Waals surface area contributed by atoms with E-state index >= 15 is 0 Å². The van der Waals surface area contributed by atoms with Gasteiger partial charge in [-0.05, 0) is 18.9 Å². The van der Waals surface area contributed by atoms with E-state index in [1.165, 1.54) is 6.07 Å². The van der Waals surface area contributed by atoms with Crippen LogP contribution in [0.3, 0.4) is 0 Å². The number of nitrogens with two attached hydrogens (primary N) is 1. The number of nitro benzene ring substituents is 1. The van der Waals surface area contributed by atoms with Gasteiger partial charge in [-0.3, -0.25) is 14.9 Å². The number of hydrogen-bond acceptors (Lipinski definition) is 4. The summed E-state index contributed by atoms with van der Waals surface area (Å²) in [4.78, 5) is 22.4. The fourth-order valence-corrected chi connectivity index (χ4v) is 1.81. The number of aryl methyl sites for hydroxylation is 1. The summed E-state index contributed by atoms with van der Waals surface area (Å²) >= 11 is 0. The summed E-state index contributed by atoms with van der Waals surface area (Å²) in [5.41, 5.74) is 6.60. The average molecular weight is 265 g/mol. The molecule has 0 heterocycles. The van der Waals surface area contributed by atoms with Crippen LogP contribution in [0, 0.1) is 16.0 Å². The van der Waals surface area contributed by atoms with Gasteiger partial charge in [-0.1, -0.05) is 19.9 Å². The molecule has 3 N–H and O–H groups in total. The molecule has 1 atom stereocenters.